The van der Waals surface area contributed by atoms with Gasteiger partial charge in [0.25, 0.3) is 5.91 Å². The topological polar surface area (TPSA) is 58.6 Å². The molecule has 3 rings (SSSR count). The fourth-order valence-corrected chi connectivity index (χ4v) is 4.53. The molecule has 0 aromatic heterocycles. The van der Waals surface area contributed by atoms with E-state index >= 15 is 0 Å². The summed E-state index contributed by atoms with van der Waals surface area (Å²) in [5, 5.41) is 3.05. The number of benzene rings is 2. The van der Waals surface area contributed by atoms with Gasteiger partial charge < -0.3 is 15.0 Å². The third kappa shape index (κ3) is 5.63. The van der Waals surface area contributed by atoms with E-state index in [0.29, 0.717) is 35.9 Å². The first-order valence-electron chi connectivity index (χ1n) is 10.4. The van der Waals surface area contributed by atoms with E-state index < -0.39 is 0 Å². The second kappa shape index (κ2) is 10.1. The maximum atomic E-state index is 13.0. The molecule has 1 aliphatic rings. The van der Waals surface area contributed by atoms with Crippen LogP contribution in [-0.2, 0) is 11.2 Å². The van der Waals surface area contributed by atoms with Crippen LogP contribution in [0.3, 0.4) is 0 Å². The first-order chi connectivity index (χ1) is 14.4. The number of hydrogen-bond donors (Lipinski definition) is 1. The molecule has 1 heterocycles. The number of halogens is 1. The summed E-state index contributed by atoms with van der Waals surface area (Å²) in [6.45, 7) is 7.01. The van der Waals surface area contributed by atoms with Gasteiger partial charge in [0.1, 0.15) is 0 Å². The molecule has 0 spiro atoms. The van der Waals surface area contributed by atoms with Crippen LogP contribution in [0.2, 0.25) is 0 Å². The van der Waals surface area contributed by atoms with E-state index in [2.05, 4.69) is 40.0 Å². The first-order valence-corrected chi connectivity index (χ1v) is 11.2. The predicted molar refractivity (Wildman–Crippen MR) is 123 cm³/mol. The number of carbonyl (C=O) groups is 2. The van der Waals surface area contributed by atoms with Crippen LogP contribution in [0.1, 0.15) is 46.5 Å². The lowest BCUT2D eigenvalue weighted by atomic mass is 9.91. The molecule has 1 saturated heterocycles. The molecular formula is C24H29BrN2O3. The zero-order valence-corrected chi connectivity index (χ0v) is 19.4. The molecule has 0 bridgehead atoms. The Bertz CT molecular complexity index is 888. The monoisotopic (exact) mass is 472 g/mol. The molecule has 30 heavy (non-hydrogen) atoms. The van der Waals surface area contributed by atoms with Crippen molar-refractivity contribution < 1.29 is 14.3 Å². The van der Waals surface area contributed by atoms with Crippen molar-refractivity contribution in [1.82, 2.24) is 5.32 Å². The normalized spacial score (nSPS) is 18.7. The van der Waals surface area contributed by atoms with Crippen molar-refractivity contribution in [2.45, 2.75) is 26.7 Å². The molecule has 1 aliphatic heterocycles. The summed E-state index contributed by atoms with van der Waals surface area (Å²) >= 11 is 3.51. The zero-order chi connectivity index (χ0) is 21.7. The number of anilines is 1. The average Bonchev–Trinajstić information content (AvgIpc) is 2.72. The molecule has 0 radical (unpaired) electrons. The van der Waals surface area contributed by atoms with Crippen LogP contribution >= 0.6 is 15.9 Å². The van der Waals surface area contributed by atoms with Crippen LogP contribution in [0.25, 0.3) is 0 Å². The molecule has 1 fully saturated rings. The van der Waals surface area contributed by atoms with Crippen LogP contribution < -0.4 is 10.2 Å². The number of piperidine rings is 1. The quantitative estimate of drug-likeness (QED) is 0.619. The van der Waals surface area contributed by atoms with Gasteiger partial charge in [0.15, 0.2) is 0 Å². The highest BCUT2D eigenvalue weighted by atomic mass is 79.9. The van der Waals surface area contributed by atoms with Gasteiger partial charge >= 0.3 is 5.97 Å². The molecular weight excluding hydrogens is 444 g/mol. The summed E-state index contributed by atoms with van der Waals surface area (Å²) in [6.07, 6.45) is 1.91. The third-order valence-electron chi connectivity index (χ3n) is 5.49. The predicted octanol–water partition coefficient (Wildman–Crippen LogP) is 4.69. The Kier molecular flexibility index (Phi) is 7.53. The number of nitrogens with zero attached hydrogens (tertiary/aromatic N) is 1. The molecule has 160 valence electrons. The van der Waals surface area contributed by atoms with E-state index in [1.54, 1.807) is 12.1 Å². The van der Waals surface area contributed by atoms with Crippen molar-refractivity contribution in [3.05, 3.63) is 63.6 Å². The number of esters is 1. The fourth-order valence-electron chi connectivity index (χ4n) is 4.17. The highest BCUT2D eigenvalue weighted by Gasteiger charge is 2.25. The summed E-state index contributed by atoms with van der Waals surface area (Å²) in [7, 11) is 1.37. The van der Waals surface area contributed by atoms with E-state index in [1.165, 1.54) is 13.5 Å². The van der Waals surface area contributed by atoms with Gasteiger partial charge in [-0.15, -0.1) is 0 Å². The van der Waals surface area contributed by atoms with E-state index in [9.17, 15) is 9.59 Å². The smallest absolute Gasteiger partial charge is 0.337 e. The van der Waals surface area contributed by atoms with Gasteiger partial charge in [-0.05, 0) is 60.6 Å². The van der Waals surface area contributed by atoms with E-state index in [-0.39, 0.29) is 11.9 Å². The average molecular weight is 473 g/mol. The SMILES string of the molecule is COC(=O)c1ccc(CCNC(=O)c2cc(Br)ccc2N2C[C@H](C)C[C@H](C)C2)cc1. The Morgan fingerprint density at radius 1 is 1.10 bits per heavy atom. The van der Waals surface area contributed by atoms with E-state index in [4.69, 9.17) is 4.74 Å². The first kappa shape index (κ1) is 22.3. The fraction of sp³-hybridized carbons (Fsp3) is 0.417. The molecule has 5 nitrogen and oxygen atoms in total. The Hall–Kier alpha value is -2.34. The highest BCUT2D eigenvalue weighted by molar-refractivity contribution is 9.10. The lowest BCUT2D eigenvalue weighted by molar-refractivity contribution is 0.0600. The van der Waals surface area contributed by atoms with Crippen molar-refractivity contribution in [2.24, 2.45) is 11.8 Å². The Morgan fingerprint density at radius 3 is 2.40 bits per heavy atom. The molecule has 1 N–H and O–H groups in total. The minimum Gasteiger partial charge on any atom is -0.465 e. The molecule has 0 saturated carbocycles. The number of carbonyl (C=O) groups excluding carboxylic acids is 2. The summed E-state index contributed by atoms with van der Waals surface area (Å²) in [4.78, 5) is 26.8. The standard InChI is InChI=1S/C24H29BrN2O3/c1-16-12-17(2)15-27(14-16)22-9-8-20(25)13-21(22)23(28)26-11-10-18-4-6-19(7-5-18)24(29)30-3/h4-9,13,16-17H,10-12,14-15H2,1-3H3,(H,26,28)/t16-,17+. The largest absolute Gasteiger partial charge is 0.465 e. The number of amides is 1. The van der Waals surface area contributed by atoms with Gasteiger partial charge in [-0.25, -0.2) is 4.79 Å². The number of hydrogen-bond acceptors (Lipinski definition) is 4. The van der Waals surface area contributed by atoms with Crippen LogP contribution in [0.4, 0.5) is 5.69 Å². The van der Waals surface area contributed by atoms with E-state index in [1.807, 2.05) is 30.3 Å². The highest BCUT2D eigenvalue weighted by Crippen LogP contribution is 2.30. The van der Waals surface area contributed by atoms with Gasteiger partial charge in [-0.2, -0.15) is 0 Å². The minimum atomic E-state index is -0.349. The summed E-state index contributed by atoms with van der Waals surface area (Å²) in [6, 6.07) is 13.2. The lowest BCUT2D eigenvalue weighted by Gasteiger charge is -2.37. The minimum absolute atomic E-state index is 0.0663. The number of rotatable bonds is 6. The van der Waals surface area contributed by atoms with Crippen LogP contribution in [0, 0.1) is 11.8 Å². The van der Waals surface area contributed by atoms with Crippen LogP contribution in [0.15, 0.2) is 46.9 Å². The molecule has 2 aromatic carbocycles. The number of methoxy groups -OCH3 is 1. The van der Waals surface area contributed by atoms with Crippen LogP contribution in [-0.4, -0.2) is 38.6 Å². The van der Waals surface area contributed by atoms with Crippen molar-refractivity contribution in [2.75, 3.05) is 31.6 Å². The Balaban J connectivity index is 1.65. The maximum absolute atomic E-state index is 13.0. The van der Waals surface area contributed by atoms with Gasteiger partial charge in [0.05, 0.1) is 18.2 Å². The molecule has 2 aromatic rings. The van der Waals surface area contributed by atoms with Gasteiger partial charge in [0.2, 0.25) is 0 Å². The molecule has 6 heteroatoms. The summed E-state index contributed by atoms with van der Waals surface area (Å²) in [5.41, 5.74) is 3.27. The zero-order valence-electron chi connectivity index (χ0n) is 17.8. The van der Waals surface area contributed by atoms with Crippen molar-refractivity contribution in [3.63, 3.8) is 0 Å². The number of ether oxygens (including phenoxy) is 1. The van der Waals surface area contributed by atoms with Gasteiger partial charge in [-0.3, -0.25) is 4.79 Å². The summed E-state index contributed by atoms with van der Waals surface area (Å²) in [5.74, 6) is 0.810. The second-order valence-electron chi connectivity index (χ2n) is 8.21. The summed E-state index contributed by atoms with van der Waals surface area (Å²) < 4.78 is 5.61. The molecule has 1 amide bonds. The van der Waals surface area contributed by atoms with Gasteiger partial charge in [0, 0.05) is 29.8 Å². The van der Waals surface area contributed by atoms with E-state index in [0.717, 1.165) is 28.8 Å². The second-order valence-corrected chi connectivity index (χ2v) is 9.12. The van der Waals surface area contributed by atoms with Gasteiger partial charge in [-0.1, -0.05) is 41.9 Å². The molecule has 2 atom stereocenters. The van der Waals surface area contributed by atoms with Crippen molar-refractivity contribution in [3.8, 4) is 0 Å². The molecule has 0 unspecified atom stereocenters. The molecule has 0 aliphatic carbocycles. The third-order valence-corrected chi connectivity index (χ3v) is 5.98. The number of nitrogens with one attached hydrogen (secondary N) is 1. The van der Waals surface area contributed by atoms with Crippen molar-refractivity contribution >= 4 is 33.5 Å². The van der Waals surface area contributed by atoms with Crippen LogP contribution in [0.5, 0.6) is 0 Å². The Morgan fingerprint density at radius 2 is 1.77 bits per heavy atom. The lowest BCUT2D eigenvalue weighted by Crippen LogP contribution is -2.40. The maximum Gasteiger partial charge on any atom is 0.337 e. The van der Waals surface area contributed by atoms with Crippen molar-refractivity contribution in [1.29, 1.82) is 0 Å². The Labute approximate surface area is 186 Å².